The van der Waals surface area contributed by atoms with Crippen LogP contribution in [-0.2, 0) is 4.79 Å². The van der Waals surface area contributed by atoms with Gasteiger partial charge in [-0.25, -0.2) is 4.79 Å². The van der Waals surface area contributed by atoms with Gasteiger partial charge in [0.25, 0.3) is 0 Å². The average molecular weight is 382 g/mol. The highest BCUT2D eigenvalue weighted by atomic mass is 16.4. The minimum Gasteiger partial charge on any atom is -0.465 e. The van der Waals surface area contributed by atoms with Crippen LogP contribution in [0.25, 0.3) is 0 Å². The fourth-order valence-electron chi connectivity index (χ4n) is 4.59. The Balaban J connectivity index is 1.46. The van der Waals surface area contributed by atoms with Crippen molar-refractivity contribution < 1.29 is 14.7 Å². The van der Waals surface area contributed by atoms with E-state index in [0.717, 1.165) is 38.2 Å². The van der Waals surface area contributed by atoms with Crippen molar-refractivity contribution in [1.29, 1.82) is 5.26 Å². The molecule has 1 aromatic rings. The summed E-state index contributed by atoms with van der Waals surface area (Å²) >= 11 is 0. The van der Waals surface area contributed by atoms with Crippen LogP contribution < -0.4 is 0 Å². The molecule has 2 unspecified atom stereocenters. The van der Waals surface area contributed by atoms with Gasteiger partial charge in [0.05, 0.1) is 23.6 Å². The van der Waals surface area contributed by atoms with Crippen molar-refractivity contribution in [3.05, 3.63) is 35.4 Å². The van der Waals surface area contributed by atoms with E-state index in [1.165, 1.54) is 24.2 Å². The summed E-state index contributed by atoms with van der Waals surface area (Å²) in [4.78, 5) is 30.6. The molecule has 1 N–H and O–H groups in total. The normalized spacial score (nSPS) is 26.0. The van der Waals surface area contributed by atoms with Gasteiger partial charge in [0.2, 0.25) is 5.91 Å². The molecule has 0 aromatic heterocycles. The SMILES string of the molecule is N#Cc1ccc(C2C(C(=O)N3CCCN(C4CCC4)CC3)CN2C(=O)O)cc1. The number of nitriles is 1. The quantitative estimate of drug-likeness (QED) is 0.867. The third-order valence-electron chi connectivity index (χ3n) is 6.49. The highest BCUT2D eigenvalue weighted by Crippen LogP contribution is 2.40. The van der Waals surface area contributed by atoms with Crippen molar-refractivity contribution in [2.45, 2.75) is 37.8 Å². The smallest absolute Gasteiger partial charge is 0.407 e. The van der Waals surface area contributed by atoms with Crippen LogP contribution >= 0.6 is 0 Å². The minimum absolute atomic E-state index is 0.0577. The fourth-order valence-corrected chi connectivity index (χ4v) is 4.59. The van der Waals surface area contributed by atoms with Gasteiger partial charge in [-0.05, 0) is 37.0 Å². The van der Waals surface area contributed by atoms with Gasteiger partial charge in [-0.1, -0.05) is 18.6 Å². The maximum Gasteiger partial charge on any atom is 0.407 e. The number of hydrogen-bond acceptors (Lipinski definition) is 4. The van der Waals surface area contributed by atoms with Gasteiger partial charge in [-0.15, -0.1) is 0 Å². The Kier molecular flexibility index (Phi) is 5.23. The summed E-state index contributed by atoms with van der Waals surface area (Å²) < 4.78 is 0. The molecule has 7 nitrogen and oxygen atoms in total. The number of benzene rings is 1. The molecule has 3 fully saturated rings. The molecule has 28 heavy (non-hydrogen) atoms. The van der Waals surface area contributed by atoms with E-state index in [1.807, 2.05) is 4.90 Å². The van der Waals surface area contributed by atoms with E-state index in [2.05, 4.69) is 11.0 Å². The largest absolute Gasteiger partial charge is 0.465 e. The summed E-state index contributed by atoms with van der Waals surface area (Å²) in [6.45, 7) is 3.65. The molecule has 3 aliphatic rings. The van der Waals surface area contributed by atoms with Gasteiger partial charge in [0, 0.05) is 38.8 Å². The van der Waals surface area contributed by atoms with Crippen LogP contribution in [0.15, 0.2) is 24.3 Å². The van der Waals surface area contributed by atoms with E-state index in [-0.39, 0.29) is 18.4 Å². The molecule has 4 rings (SSSR count). The van der Waals surface area contributed by atoms with E-state index < -0.39 is 12.1 Å². The molecule has 0 bridgehead atoms. The number of carbonyl (C=O) groups excluding carboxylic acids is 1. The number of rotatable bonds is 3. The number of likely N-dealkylation sites (tertiary alicyclic amines) is 1. The predicted molar refractivity (Wildman–Crippen MR) is 103 cm³/mol. The average Bonchev–Trinajstić information content (AvgIpc) is 2.86. The Labute approximate surface area is 165 Å². The molecule has 1 aliphatic carbocycles. The Bertz CT molecular complexity index is 784. The minimum atomic E-state index is -1.01. The first kappa shape index (κ1) is 18.8. The van der Waals surface area contributed by atoms with Crippen LogP contribution in [0, 0.1) is 17.2 Å². The third-order valence-corrected chi connectivity index (χ3v) is 6.49. The highest BCUT2D eigenvalue weighted by Gasteiger charge is 2.48. The number of carbonyl (C=O) groups is 2. The van der Waals surface area contributed by atoms with Gasteiger partial charge in [-0.3, -0.25) is 14.6 Å². The molecule has 148 valence electrons. The molecule has 2 aliphatic heterocycles. The lowest BCUT2D eigenvalue weighted by Crippen LogP contribution is -2.58. The van der Waals surface area contributed by atoms with Crippen molar-refractivity contribution in [2.75, 3.05) is 32.7 Å². The van der Waals surface area contributed by atoms with E-state index in [0.29, 0.717) is 11.6 Å². The summed E-state index contributed by atoms with van der Waals surface area (Å²) in [5, 5.41) is 18.5. The molecule has 0 radical (unpaired) electrons. The Morgan fingerprint density at radius 2 is 1.79 bits per heavy atom. The third kappa shape index (κ3) is 3.45. The molecule has 2 saturated heterocycles. The molecular weight excluding hydrogens is 356 g/mol. The van der Waals surface area contributed by atoms with Gasteiger partial charge >= 0.3 is 6.09 Å². The van der Waals surface area contributed by atoms with Crippen LogP contribution in [0.3, 0.4) is 0 Å². The number of hydrogen-bond donors (Lipinski definition) is 1. The first-order chi connectivity index (χ1) is 13.6. The summed E-state index contributed by atoms with van der Waals surface area (Å²) in [5.41, 5.74) is 1.30. The second-order valence-electron chi connectivity index (χ2n) is 8.02. The lowest BCUT2D eigenvalue weighted by atomic mass is 9.82. The predicted octanol–water partition coefficient (Wildman–Crippen LogP) is 2.30. The number of nitrogens with zero attached hydrogens (tertiary/aromatic N) is 4. The molecule has 2 amide bonds. The van der Waals surface area contributed by atoms with Gasteiger partial charge < -0.3 is 10.0 Å². The van der Waals surface area contributed by atoms with E-state index in [9.17, 15) is 14.7 Å². The summed E-state index contributed by atoms with van der Waals surface area (Å²) in [7, 11) is 0. The Hall–Kier alpha value is -2.59. The van der Waals surface area contributed by atoms with E-state index in [1.54, 1.807) is 24.3 Å². The lowest BCUT2D eigenvalue weighted by Gasteiger charge is -2.47. The number of amides is 2. The van der Waals surface area contributed by atoms with Crippen LogP contribution in [-0.4, -0.2) is 70.6 Å². The summed E-state index contributed by atoms with van der Waals surface area (Å²) in [6, 6.07) is 9.17. The van der Waals surface area contributed by atoms with Crippen LogP contribution in [0.2, 0.25) is 0 Å². The molecule has 1 saturated carbocycles. The fraction of sp³-hybridized carbons (Fsp3) is 0.571. The van der Waals surface area contributed by atoms with Crippen LogP contribution in [0.1, 0.15) is 42.9 Å². The zero-order valence-electron chi connectivity index (χ0n) is 16.0. The topological polar surface area (TPSA) is 87.9 Å². The van der Waals surface area contributed by atoms with Crippen molar-refractivity contribution in [3.63, 3.8) is 0 Å². The van der Waals surface area contributed by atoms with Crippen molar-refractivity contribution >= 4 is 12.0 Å². The van der Waals surface area contributed by atoms with Crippen molar-refractivity contribution in [2.24, 2.45) is 5.92 Å². The van der Waals surface area contributed by atoms with Crippen molar-refractivity contribution in [3.8, 4) is 6.07 Å². The first-order valence-electron chi connectivity index (χ1n) is 10.1. The van der Waals surface area contributed by atoms with Gasteiger partial charge in [0.1, 0.15) is 0 Å². The lowest BCUT2D eigenvalue weighted by molar-refractivity contribution is -0.144. The van der Waals surface area contributed by atoms with Crippen LogP contribution in [0.4, 0.5) is 4.79 Å². The van der Waals surface area contributed by atoms with Gasteiger partial charge in [0.15, 0.2) is 0 Å². The summed E-state index contributed by atoms with van der Waals surface area (Å²) in [5.74, 6) is -0.290. The first-order valence-corrected chi connectivity index (χ1v) is 10.1. The molecular formula is C21H26N4O3. The highest BCUT2D eigenvalue weighted by molar-refractivity contribution is 5.83. The second-order valence-corrected chi connectivity index (χ2v) is 8.02. The zero-order valence-corrected chi connectivity index (χ0v) is 16.0. The maximum atomic E-state index is 13.2. The Morgan fingerprint density at radius 3 is 2.39 bits per heavy atom. The Morgan fingerprint density at radius 1 is 1.04 bits per heavy atom. The molecule has 0 spiro atoms. The monoisotopic (exact) mass is 382 g/mol. The second kappa shape index (κ2) is 7.80. The van der Waals surface area contributed by atoms with Crippen molar-refractivity contribution in [1.82, 2.24) is 14.7 Å². The summed E-state index contributed by atoms with van der Waals surface area (Å²) in [6.07, 6.45) is 3.81. The molecule has 7 heteroatoms. The van der Waals surface area contributed by atoms with E-state index >= 15 is 0 Å². The molecule has 1 aromatic carbocycles. The molecule has 2 atom stereocenters. The van der Waals surface area contributed by atoms with Crippen LogP contribution in [0.5, 0.6) is 0 Å². The molecule has 2 heterocycles. The maximum absolute atomic E-state index is 13.2. The van der Waals surface area contributed by atoms with Gasteiger partial charge in [-0.2, -0.15) is 5.26 Å². The standard InChI is InChI=1S/C21H26N4O3/c22-13-15-5-7-16(8-6-15)19-18(14-25(19)21(27)28)20(26)24-10-2-9-23(11-12-24)17-3-1-4-17/h5-8,17-19H,1-4,9-12,14H2,(H,27,28). The zero-order chi connectivity index (χ0) is 19.7. The number of carboxylic acid groups (broad SMARTS) is 1. The van der Waals surface area contributed by atoms with E-state index in [4.69, 9.17) is 5.26 Å².